The largest absolute Gasteiger partial charge is 0.372 e. The Morgan fingerprint density at radius 3 is 2.33 bits per heavy atom. The maximum atomic E-state index is 5.88. The van der Waals surface area contributed by atoms with Crippen LogP contribution in [0.5, 0.6) is 0 Å². The van der Waals surface area contributed by atoms with Gasteiger partial charge in [-0.05, 0) is 12.8 Å². The SMILES string of the molecule is CCCC1(CCC)CNCCO1. The van der Waals surface area contributed by atoms with Gasteiger partial charge in [0, 0.05) is 13.1 Å². The third kappa shape index (κ3) is 2.46. The van der Waals surface area contributed by atoms with Gasteiger partial charge >= 0.3 is 0 Å². The monoisotopic (exact) mass is 171 g/mol. The zero-order valence-electron chi connectivity index (χ0n) is 8.36. The van der Waals surface area contributed by atoms with E-state index in [-0.39, 0.29) is 5.60 Å². The minimum atomic E-state index is 0.168. The highest BCUT2D eigenvalue weighted by atomic mass is 16.5. The van der Waals surface area contributed by atoms with Crippen molar-refractivity contribution in [1.29, 1.82) is 0 Å². The van der Waals surface area contributed by atoms with E-state index in [1.807, 2.05) is 0 Å². The summed E-state index contributed by atoms with van der Waals surface area (Å²) in [6, 6.07) is 0. The molecule has 12 heavy (non-hydrogen) atoms. The second-order valence-electron chi connectivity index (χ2n) is 3.71. The summed E-state index contributed by atoms with van der Waals surface area (Å²) in [5, 5.41) is 3.42. The second-order valence-corrected chi connectivity index (χ2v) is 3.71. The molecular formula is C10H21NO. The van der Waals surface area contributed by atoms with Crippen molar-refractivity contribution in [2.75, 3.05) is 19.7 Å². The molecule has 0 spiro atoms. The van der Waals surface area contributed by atoms with E-state index in [1.54, 1.807) is 0 Å². The normalized spacial score (nSPS) is 22.5. The quantitative estimate of drug-likeness (QED) is 0.698. The van der Waals surface area contributed by atoms with E-state index in [2.05, 4.69) is 19.2 Å². The predicted octanol–water partition coefficient (Wildman–Crippen LogP) is 1.95. The van der Waals surface area contributed by atoms with E-state index in [1.165, 1.54) is 25.7 Å². The zero-order valence-corrected chi connectivity index (χ0v) is 8.36. The van der Waals surface area contributed by atoms with Gasteiger partial charge in [0.05, 0.1) is 12.2 Å². The number of nitrogens with one attached hydrogen (secondary N) is 1. The molecule has 72 valence electrons. The van der Waals surface area contributed by atoms with Crippen LogP contribution >= 0.6 is 0 Å². The van der Waals surface area contributed by atoms with Gasteiger partial charge in [-0.25, -0.2) is 0 Å². The summed E-state index contributed by atoms with van der Waals surface area (Å²) in [5.41, 5.74) is 0.168. The summed E-state index contributed by atoms with van der Waals surface area (Å²) < 4.78 is 5.88. The number of hydrogen-bond acceptors (Lipinski definition) is 2. The molecule has 1 N–H and O–H groups in total. The minimum absolute atomic E-state index is 0.168. The van der Waals surface area contributed by atoms with Gasteiger partial charge in [0.25, 0.3) is 0 Å². The topological polar surface area (TPSA) is 21.3 Å². The molecule has 0 saturated carbocycles. The standard InChI is InChI=1S/C10H21NO/c1-3-5-10(6-4-2)9-11-7-8-12-10/h11H,3-9H2,1-2H3. The number of morpholine rings is 1. The first-order valence-corrected chi connectivity index (χ1v) is 5.17. The third-order valence-electron chi connectivity index (χ3n) is 2.55. The van der Waals surface area contributed by atoms with Crippen molar-refractivity contribution < 1.29 is 4.74 Å². The first-order chi connectivity index (χ1) is 5.83. The molecule has 0 aliphatic carbocycles. The molecular weight excluding hydrogens is 150 g/mol. The first kappa shape index (κ1) is 10.0. The Morgan fingerprint density at radius 2 is 1.92 bits per heavy atom. The first-order valence-electron chi connectivity index (χ1n) is 5.17. The van der Waals surface area contributed by atoms with Crippen LogP contribution in [0.1, 0.15) is 39.5 Å². The maximum Gasteiger partial charge on any atom is 0.0806 e. The lowest BCUT2D eigenvalue weighted by Gasteiger charge is -2.37. The minimum Gasteiger partial charge on any atom is -0.372 e. The number of rotatable bonds is 4. The van der Waals surface area contributed by atoms with Gasteiger partial charge in [0.1, 0.15) is 0 Å². The molecule has 0 amide bonds. The summed E-state index contributed by atoms with van der Waals surface area (Å²) in [6.07, 6.45) is 4.85. The Balaban J connectivity index is 2.44. The molecule has 2 heteroatoms. The van der Waals surface area contributed by atoms with Crippen molar-refractivity contribution in [2.45, 2.75) is 45.1 Å². The van der Waals surface area contributed by atoms with Gasteiger partial charge < -0.3 is 10.1 Å². The average Bonchev–Trinajstić information content (AvgIpc) is 2.07. The summed E-state index contributed by atoms with van der Waals surface area (Å²) in [7, 11) is 0. The molecule has 0 unspecified atom stereocenters. The van der Waals surface area contributed by atoms with Crippen LogP contribution in [0.2, 0.25) is 0 Å². The molecule has 0 atom stereocenters. The fraction of sp³-hybridized carbons (Fsp3) is 1.00. The van der Waals surface area contributed by atoms with Crippen LogP contribution in [0.25, 0.3) is 0 Å². The van der Waals surface area contributed by atoms with Crippen LogP contribution in [0.3, 0.4) is 0 Å². The van der Waals surface area contributed by atoms with Crippen LogP contribution in [-0.2, 0) is 4.74 Å². The molecule has 1 fully saturated rings. The van der Waals surface area contributed by atoms with Gasteiger partial charge in [-0.2, -0.15) is 0 Å². The summed E-state index contributed by atoms with van der Waals surface area (Å²) in [5.74, 6) is 0. The van der Waals surface area contributed by atoms with Crippen molar-refractivity contribution in [3.8, 4) is 0 Å². The van der Waals surface area contributed by atoms with E-state index in [0.717, 1.165) is 19.7 Å². The highest BCUT2D eigenvalue weighted by molar-refractivity contribution is 4.85. The predicted molar refractivity (Wildman–Crippen MR) is 51.4 cm³/mol. The van der Waals surface area contributed by atoms with E-state index in [4.69, 9.17) is 4.74 Å². The zero-order chi connectivity index (χ0) is 8.86. The third-order valence-corrected chi connectivity index (χ3v) is 2.55. The van der Waals surface area contributed by atoms with Crippen molar-refractivity contribution >= 4 is 0 Å². The fourth-order valence-corrected chi connectivity index (χ4v) is 2.06. The summed E-state index contributed by atoms with van der Waals surface area (Å²) >= 11 is 0. The molecule has 0 aromatic rings. The highest BCUT2D eigenvalue weighted by Gasteiger charge is 2.30. The van der Waals surface area contributed by atoms with Crippen molar-refractivity contribution in [3.63, 3.8) is 0 Å². The lowest BCUT2D eigenvalue weighted by molar-refractivity contribution is -0.0771. The number of ether oxygens (including phenoxy) is 1. The molecule has 1 aliphatic rings. The Kier molecular flexibility index (Phi) is 4.02. The lowest BCUT2D eigenvalue weighted by atomic mass is 9.91. The van der Waals surface area contributed by atoms with E-state index < -0.39 is 0 Å². The van der Waals surface area contributed by atoms with E-state index in [0.29, 0.717) is 0 Å². The van der Waals surface area contributed by atoms with Gasteiger partial charge in [-0.3, -0.25) is 0 Å². The van der Waals surface area contributed by atoms with Gasteiger partial charge in [-0.1, -0.05) is 26.7 Å². The molecule has 0 aromatic carbocycles. The van der Waals surface area contributed by atoms with Crippen molar-refractivity contribution in [1.82, 2.24) is 5.32 Å². The summed E-state index contributed by atoms with van der Waals surface area (Å²) in [6.45, 7) is 7.43. The maximum absolute atomic E-state index is 5.88. The highest BCUT2D eigenvalue weighted by Crippen LogP contribution is 2.25. The van der Waals surface area contributed by atoms with Gasteiger partial charge in [-0.15, -0.1) is 0 Å². The van der Waals surface area contributed by atoms with E-state index in [9.17, 15) is 0 Å². The van der Waals surface area contributed by atoms with Crippen LogP contribution in [0.4, 0.5) is 0 Å². The van der Waals surface area contributed by atoms with Crippen LogP contribution in [0, 0.1) is 0 Å². The Hall–Kier alpha value is -0.0800. The lowest BCUT2D eigenvalue weighted by Crippen LogP contribution is -2.49. The molecule has 0 aromatic heterocycles. The smallest absolute Gasteiger partial charge is 0.0806 e. The number of hydrogen-bond donors (Lipinski definition) is 1. The van der Waals surface area contributed by atoms with Crippen LogP contribution in [0.15, 0.2) is 0 Å². The molecule has 1 saturated heterocycles. The average molecular weight is 171 g/mol. The fourth-order valence-electron chi connectivity index (χ4n) is 2.06. The van der Waals surface area contributed by atoms with Crippen molar-refractivity contribution in [3.05, 3.63) is 0 Å². The van der Waals surface area contributed by atoms with Crippen LogP contribution < -0.4 is 5.32 Å². The molecule has 1 heterocycles. The van der Waals surface area contributed by atoms with Crippen LogP contribution in [-0.4, -0.2) is 25.3 Å². The Labute approximate surface area is 75.7 Å². The molecule has 0 radical (unpaired) electrons. The Morgan fingerprint density at radius 1 is 1.25 bits per heavy atom. The summed E-state index contributed by atoms with van der Waals surface area (Å²) in [4.78, 5) is 0. The Bertz CT molecular complexity index is 103. The molecule has 1 rings (SSSR count). The van der Waals surface area contributed by atoms with Gasteiger partial charge in [0.2, 0.25) is 0 Å². The van der Waals surface area contributed by atoms with Gasteiger partial charge in [0.15, 0.2) is 0 Å². The molecule has 2 nitrogen and oxygen atoms in total. The molecule has 0 bridgehead atoms. The van der Waals surface area contributed by atoms with Crippen molar-refractivity contribution in [2.24, 2.45) is 0 Å². The van der Waals surface area contributed by atoms with E-state index >= 15 is 0 Å². The second kappa shape index (κ2) is 4.83. The molecule has 1 aliphatic heterocycles.